The van der Waals surface area contributed by atoms with Crippen molar-refractivity contribution in [2.45, 2.75) is 19.1 Å². The molecule has 0 aliphatic carbocycles. The average Bonchev–Trinajstić information content (AvgIpc) is 2.94. The van der Waals surface area contributed by atoms with Gasteiger partial charge in [-0.1, -0.05) is 35.9 Å². The zero-order valence-corrected chi connectivity index (χ0v) is 23.1. The molecule has 0 amide bonds. The zero-order valence-electron chi connectivity index (χ0n) is 22.3. The van der Waals surface area contributed by atoms with E-state index < -0.39 is 11.7 Å². The van der Waals surface area contributed by atoms with Gasteiger partial charge in [0.15, 0.2) is 0 Å². The normalized spacial score (nSPS) is 11.9. The van der Waals surface area contributed by atoms with E-state index in [1.807, 2.05) is 24.3 Å². The Balaban J connectivity index is 1.71. The summed E-state index contributed by atoms with van der Waals surface area (Å²) in [7, 11) is 3.27. The molecule has 0 spiro atoms. The molecule has 0 fully saturated rings. The first-order chi connectivity index (χ1) is 19.3. The highest BCUT2D eigenvalue weighted by Gasteiger charge is 2.34. The molecular formula is C29H31ClF3N5O2. The Morgan fingerprint density at radius 2 is 1.70 bits per heavy atom. The number of methoxy groups -OCH3 is 2. The molecule has 4 aromatic rings. The van der Waals surface area contributed by atoms with Crippen LogP contribution in [0.2, 0.25) is 5.02 Å². The summed E-state index contributed by atoms with van der Waals surface area (Å²) in [6, 6.07) is 14.9. The van der Waals surface area contributed by atoms with E-state index in [2.05, 4.69) is 15.2 Å². The van der Waals surface area contributed by atoms with Crippen LogP contribution in [0.1, 0.15) is 17.0 Å². The monoisotopic (exact) mass is 573 g/mol. The molecule has 11 heteroatoms. The van der Waals surface area contributed by atoms with Gasteiger partial charge in [-0.05, 0) is 42.3 Å². The van der Waals surface area contributed by atoms with Crippen molar-refractivity contribution >= 4 is 28.3 Å². The number of halogens is 4. The second-order valence-corrected chi connectivity index (χ2v) is 9.55. The Morgan fingerprint density at radius 3 is 2.40 bits per heavy atom. The molecule has 0 radical (unpaired) electrons. The number of benzene rings is 2. The van der Waals surface area contributed by atoms with Crippen molar-refractivity contribution in [3.63, 3.8) is 0 Å². The number of rotatable bonds is 13. The highest BCUT2D eigenvalue weighted by atomic mass is 35.5. The fraction of sp³-hybridized carbons (Fsp3) is 0.345. The molecule has 0 unspecified atom stereocenters. The van der Waals surface area contributed by atoms with Crippen LogP contribution in [0.3, 0.4) is 0 Å². The summed E-state index contributed by atoms with van der Waals surface area (Å²) in [4.78, 5) is 15.7. The van der Waals surface area contributed by atoms with E-state index in [9.17, 15) is 13.2 Å². The van der Waals surface area contributed by atoms with Gasteiger partial charge in [0, 0.05) is 56.0 Å². The second kappa shape index (κ2) is 13.8. The van der Waals surface area contributed by atoms with Crippen molar-refractivity contribution in [2.24, 2.45) is 0 Å². The van der Waals surface area contributed by atoms with Crippen molar-refractivity contribution in [3.05, 3.63) is 82.8 Å². The molecule has 40 heavy (non-hydrogen) atoms. The minimum atomic E-state index is -4.54. The number of aromatic nitrogens is 3. The lowest BCUT2D eigenvalue weighted by molar-refractivity contribution is -0.137. The van der Waals surface area contributed by atoms with Crippen LogP contribution >= 0.6 is 11.6 Å². The van der Waals surface area contributed by atoms with Crippen LogP contribution in [0.25, 0.3) is 22.2 Å². The van der Waals surface area contributed by atoms with Gasteiger partial charge in [-0.15, -0.1) is 0 Å². The Hall–Kier alpha value is -3.31. The fourth-order valence-electron chi connectivity index (χ4n) is 4.32. The number of hydrogen-bond donors (Lipinski definition) is 1. The van der Waals surface area contributed by atoms with E-state index in [1.54, 1.807) is 32.4 Å². The molecule has 2 aromatic carbocycles. The molecule has 4 rings (SSSR count). The number of pyridine rings is 1. The smallest absolute Gasteiger partial charge is 0.383 e. The quantitative estimate of drug-likeness (QED) is 0.207. The largest absolute Gasteiger partial charge is 0.418 e. The summed E-state index contributed by atoms with van der Waals surface area (Å²) < 4.78 is 51.7. The molecule has 1 N–H and O–H groups in total. The molecule has 0 bridgehead atoms. The van der Waals surface area contributed by atoms with Crippen LogP contribution in [0.15, 0.2) is 60.8 Å². The Bertz CT molecular complexity index is 1410. The predicted molar refractivity (Wildman–Crippen MR) is 150 cm³/mol. The minimum absolute atomic E-state index is 0.146. The van der Waals surface area contributed by atoms with E-state index in [4.69, 9.17) is 31.0 Å². The molecule has 2 heterocycles. The molecule has 0 atom stereocenters. The van der Waals surface area contributed by atoms with Crippen LogP contribution in [-0.4, -0.2) is 66.9 Å². The van der Waals surface area contributed by atoms with E-state index in [0.29, 0.717) is 78.9 Å². The lowest BCUT2D eigenvalue weighted by atomic mass is 10.0. The molecule has 0 saturated carbocycles. The van der Waals surface area contributed by atoms with Gasteiger partial charge in [0.2, 0.25) is 0 Å². The minimum Gasteiger partial charge on any atom is -0.383 e. The summed E-state index contributed by atoms with van der Waals surface area (Å²) in [6.45, 7) is 3.27. The van der Waals surface area contributed by atoms with E-state index in [1.165, 1.54) is 12.3 Å². The third-order valence-corrected chi connectivity index (χ3v) is 6.73. The maximum Gasteiger partial charge on any atom is 0.418 e. The van der Waals surface area contributed by atoms with Crippen molar-refractivity contribution in [3.8, 4) is 11.3 Å². The molecule has 212 valence electrons. The number of ether oxygens (including phenoxy) is 2. The van der Waals surface area contributed by atoms with Crippen molar-refractivity contribution in [2.75, 3.05) is 52.4 Å². The van der Waals surface area contributed by atoms with Crippen LogP contribution in [0.4, 0.5) is 19.0 Å². The maximum absolute atomic E-state index is 13.7. The lowest BCUT2D eigenvalue weighted by Crippen LogP contribution is -2.31. The van der Waals surface area contributed by atoms with E-state index in [-0.39, 0.29) is 5.69 Å². The first-order valence-corrected chi connectivity index (χ1v) is 13.2. The van der Waals surface area contributed by atoms with Crippen molar-refractivity contribution < 1.29 is 22.6 Å². The highest BCUT2D eigenvalue weighted by Crippen LogP contribution is 2.36. The summed E-state index contributed by atoms with van der Waals surface area (Å²) in [6.07, 6.45) is -2.52. The summed E-state index contributed by atoms with van der Waals surface area (Å²) in [5.41, 5.74) is 0.888. The number of alkyl halides is 3. The Labute approximate surface area is 236 Å². The fourth-order valence-corrected chi connectivity index (χ4v) is 4.55. The Morgan fingerprint density at radius 1 is 0.950 bits per heavy atom. The van der Waals surface area contributed by atoms with Gasteiger partial charge < -0.3 is 14.8 Å². The summed E-state index contributed by atoms with van der Waals surface area (Å²) >= 11 is 6.32. The van der Waals surface area contributed by atoms with Crippen LogP contribution in [0, 0.1) is 0 Å². The molecule has 2 aromatic heterocycles. The molecular weight excluding hydrogens is 543 g/mol. The van der Waals surface area contributed by atoms with E-state index >= 15 is 0 Å². The molecule has 7 nitrogen and oxygen atoms in total. The Kier molecular flexibility index (Phi) is 10.3. The number of fused-ring (bicyclic) bond motifs is 1. The van der Waals surface area contributed by atoms with Crippen LogP contribution < -0.4 is 5.32 Å². The van der Waals surface area contributed by atoms with Crippen molar-refractivity contribution in [1.82, 2.24) is 19.9 Å². The number of nitrogens with one attached hydrogen (secondary N) is 1. The average molecular weight is 574 g/mol. The van der Waals surface area contributed by atoms with Gasteiger partial charge in [0.25, 0.3) is 0 Å². The summed E-state index contributed by atoms with van der Waals surface area (Å²) in [5, 5.41) is 4.76. The number of nitrogens with zero attached hydrogens (tertiary/aromatic N) is 4. The highest BCUT2D eigenvalue weighted by molar-refractivity contribution is 6.31. The standard InChI is InChI=1S/C29H31ClF3N5O2/c1-39-16-14-38(15-17-40-2)19-26-36-25-18-21(27-23(29(31,32)33)7-5-12-34-27)9-10-22(25)28(37-26)35-13-11-20-6-3-4-8-24(20)30/h3-10,12,18H,11,13-17,19H2,1-2H3,(H,35,36,37). The van der Waals surface area contributed by atoms with Crippen LogP contribution in [-0.2, 0) is 28.6 Å². The van der Waals surface area contributed by atoms with Gasteiger partial charge in [0.1, 0.15) is 11.6 Å². The molecule has 0 saturated heterocycles. The van der Waals surface area contributed by atoms with E-state index in [0.717, 1.165) is 11.6 Å². The molecule has 0 aliphatic heterocycles. The van der Waals surface area contributed by atoms with Crippen LogP contribution in [0.5, 0.6) is 0 Å². The first-order valence-electron chi connectivity index (χ1n) is 12.8. The zero-order chi connectivity index (χ0) is 28.5. The lowest BCUT2D eigenvalue weighted by Gasteiger charge is -2.21. The van der Waals surface area contributed by atoms with Gasteiger partial charge in [-0.3, -0.25) is 9.88 Å². The van der Waals surface area contributed by atoms with Gasteiger partial charge in [-0.25, -0.2) is 9.97 Å². The topological polar surface area (TPSA) is 72.4 Å². The number of anilines is 1. The third-order valence-electron chi connectivity index (χ3n) is 6.36. The van der Waals surface area contributed by atoms with Gasteiger partial charge in [-0.2, -0.15) is 13.2 Å². The molecule has 0 aliphatic rings. The van der Waals surface area contributed by atoms with Gasteiger partial charge >= 0.3 is 6.18 Å². The predicted octanol–water partition coefficient (Wildman–Crippen LogP) is 6.11. The van der Waals surface area contributed by atoms with Gasteiger partial charge in [0.05, 0.1) is 36.5 Å². The first kappa shape index (κ1) is 29.7. The maximum atomic E-state index is 13.7. The SMILES string of the molecule is COCCN(CCOC)Cc1nc(NCCc2ccccc2Cl)c2ccc(-c3ncccc3C(F)(F)F)cc2n1. The van der Waals surface area contributed by atoms with Crippen molar-refractivity contribution in [1.29, 1.82) is 0 Å². The number of hydrogen-bond acceptors (Lipinski definition) is 7. The summed E-state index contributed by atoms with van der Waals surface area (Å²) in [5.74, 6) is 1.11. The third kappa shape index (κ3) is 7.66. The second-order valence-electron chi connectivity index (χ2n) is 9.15.